The summed E-state index contributed by atoms with van der Waals surface area (Å²) in [6, 6.07) is 1.42. The van der Waals surface area contributed by atoms with Crippen LogP contribution < -0.4 is 11.1 Å². The average molecular weight is 183 g/mol. The Balaban J connectivity index is 3.92. The third kappa shape index (κ3) is 4.48. The van der Waals surface area contributed by atoms with Crippen LogP contribution in [0.4, 0.5) is 0 Å². The topological polar surface area (TPSA) is 78.9 Å². The molecule has 0 aliphatic carbocycles. The molecule has 0 spiro atoms. The normalized spacial score (nSPS) is 13.2. The van der Waals surface area contributed by atoms with E-state index in [0.29, 0.717) is 13.0 Å². The maximum Gasteiger partial charge on any atom is 0.237 e. The van der Waals surface area contributed by atoms with Crippen LogP contribution in [0.5, 0.6) is 0 Å². The molecule has 0 aliphatic heterocycles. The summed E-state index contributed by atoms with van der Waals surface area (Å²) in [5.41, 5.74) is 5.44. The van der Waals surface area contributed by atoms with E-state index in [1.54, 1.807) is 0 Å². The minimum atomic E-state index is -0.522. The first-order valence-corrected chi connectivity index (χ1v) is 4.30. The number of nitrogens with zero attached hydrogens (tertiary/aromatic N) is 1. The van der Waals surface area contributed by atoms with Gasteiger partial charge in [-0.05, 0) is 5.41 Å². The Bertz CT molecular complexity index is 212. The predicted molar refractivity (Wildman–Crippen MR) is 50.7 cm³/mol. The molecule has 4 nitrogen and oxygen atoms in total. The lowest BCUT2D eigenvalue weighted by molar-refractivity contribution is -0.124. The number of hydrogen-bond donors (Lipinski definition) is 2. The lowest BCUT2D eigenvalue weighted by Crippen LogP contribution is -2.48. The molecule has 3 N–H and O–H groups in total. The Hall–Kier alpha value is -1.08. The smallest absolute Gasteiger partial charge is 0.237 e. The highest BCUT2D eigenvalue weighted by Crippen LogP contribution is 2.16. The summed E-state index contributed by atoms with van der Waals surface area (Å²) in [5.74, 6) is -0.192. The Morgan fingerprint density at radius 2 is 2.15 bits per heavy atom. The van der Waals surface area contributed by atoms with E-state index in [-0.39, 0.29) is 11.3 Å². The molecule has 74 valence electrons. The first kappa shape index (κ1) is 11.9. The van der Waals surface area contributed by atoms with E-state index < -0.39 is 6.04 Å². The molecular weight excluding hydrogens is 166 g/mol. The average Bonchev–Trinajstić information content (AvgIpc) is 2.01. The van der Waals surface area contributed by atoms with E-state index >= 15 is 0 Å². The van der Waals surface area contributed by atoms with Crippen LogP contribution in [0.25, 0.3) is 0 Å². The highest BCUT2D eigenvalue weighted by atomic mass is 16.2. The zero-order chi connectivity index (χ0) is 10.5. The van der Waals surface area contributed by atoms with Crippen molar-refractivity contribution in [3.05, 3.63) is 0 Å². The molecule has 1 amide bonds. The van der Waals surface area contributed by atoms with Gasteiger partial charge in [-0.2, -0.15) is 5.26 Å². The van der Waals surface area contributed by atoms with Crippen molar-refractivity contribution in [1.82, 2.24) is 5.32 Å². The fourth-order valence-electron chi connectivity index (χ4n) is 0.745. The summed E-state index contributed by atoms with van der Waals surface area (Å²) in [6.45, 7) is 6.09. The second-order valence-corrected chi connectivity index (χ2v) is 4.04. The number of rotatable bonds is 3. The van der Waals surface area contributed by atoms with Crippen LogP contribution in [0, 0.1) is 16.7 Å². The van der Waals surface area contributed by atoms with Crippen molar-refractivity contribution >= 4 is 5.91 Å². The van der Waals surface area contributed by atoms with Crippen LogP contribution in [-0.2, 0) is 4.79 Å². The van der Waals surface area contributed by atoms with E-state index in [1.165, 1.54) is 0 Å². The van der Waals surface area contributed by atoms with Gasteiger partial charge in [-0.15, -0.1) is 0 Å². The third-order valence-electron chi connectivity index (χ3n) is 1.75. The van der Waals surface area contributed by atoms with Gasteiger partial charge in [0.15, 0.2) is 0 Å². The molecule has 0 saturated heterocycles. The van der Waals surface area contributed by atoms with Crippen molar-refractivity contribution < 1.29 is 4.79 Å². The number of nitrogens with two attached hydrogens (primary N) is 1. The Kier molecular flexibility index (Phi) is 4.43. The number of hydrogen-bond acceptors (Lipinski definition) is 3. The molecule has 0 bridgehead atoms. The summed E-state index contributed by atoms with van der Waals surface area (Å²) in [5, 5.41) is 10.8. The summed E-state index contributed by atoms with van der Waals surface area (Å²) < 4.78 is 0. The van der Waals surface area contributed by atoms with E-state index in [1.807, 2.05) is 26.8 Å². The fourth-order valence-corrected chi connectivity index (χ4v) is 0.745. The molecule has 0 unspecified atom stereocenters. The molecule has 0 fully saturated rings. The largest absolute Gasteiger partial charge is 0.354 e. The van der Waals surface area contributed by atoms with Gasteiger partial charge in [0, 0.05) is 6.54 Å². The number of carbonyl (C=O) groups is 1. The summed E-state index contributed by atoms with van der Waals surface area (Å²) >= 11 is 0. The lowest BCUT2D eigenvalue weighted by atomic mass is 9.87. The SMILES string of the molecule is CC(C)(C)[C@H](N)C(=O)NCCC#N. The third-order valence-corrected chi connectivity index (χ3v) is 1.75. The first-order valence-electron chi connectivity index (χ1n) is 4.30. The second-order valence-electron chi connectivity index (χ2n) is 4.04. The van der Waals surface area contributed by atoms with E-state index in [4.69, 9.17) is 11.0 Å². The van der Waals surface area contributed by atoms with Gasteiger partial charge in [0.25, 0.3) is 0 Å². The Morgan fingerprint density at radius 1 is 1.62 bits per heavy atom. The highest BCUT2D eigenvalue weighted by molar-refractivity contribution is 5.82. The van der Waals surface area contributed by atoms with Gasteiger partial charge in [-0.1, -0.05) is 20.8 Å². The van der Waals surface area contributed by atoms with Gasteiger partial charge in [0.05, 0.1) is 18.5 Å². The van der Waals surface area contributed by atoms with E-state index in [9.17, 15) is 4.79 Å². The monoisotopic (exact) mass is 183 g/mol. The maximum atomic E-state index is 11.3. The van der Waals surface area contributed by atoms with Crippen molar-refractivity contribution in [2.24, 2.45) is 11.1 Å². The van der Waals surface area contributed by atoms with Crippen molar-refractivity contribution in [1.29, 1.82) is 5.26 Å². The van der Waals surface area contributed by atoms with Gasteiger partial charge in [-0.3, -0.25) is 4.79 Å². The summed E-state index contributed by atoms with van der Waals surface area (Å²) in [7, 11) is 0. The quantitative estimate of drug-likeness (QED) is 0.621. The minimum Gasteiger partial charge on any atom is -0.354 e. The van der Waals surface area contributed by atoms with Gasteiger partial charge in [0.1, 0.15) is 0 Å². The fraction of sp³-hybridized carbons (Fsp3) is 0.778. The Labute approximate surface area is 79.1 Å². The molecule has 0 aromatic rings. The standard InChI is InChI=1S/C9H17N3O/c1-9(2,3)7(11)8(13)12-6-4-5-10/h7H,4,6,11H2,1-3H3,(H,12,13)/t7-/m1/s1. The molecule has 0 aliphatic rings. The number of amides is 1. The molecule has 0 aromatic heterocycles. The molecule has 0 rings (SSSR count). The molecule has 4 heteroatoms. The van der Waals surface area contributed by atoms with Crippen LogP contribution in [-0.4, -0.2) is 18.5 Å². The lowest BCUT2D eigenvalue weighted by Gasteiger charge is -2.25. The van der Waals surface area contributed by atoms with Crippen LogP contribution in [0.2, 0.25) is 0 Å². The van der Waals surface area contributed by atoms with Crippen LogP contribution in [0.15, 0.2) is 0 Å². The van der Waals surface area contributed by atoms with Crippen LogP contribution in [0.3, 0.4) is 0 Å². The van der Waals surface area contributed by atoms with E-state index in [0.717, 1.165) is 0 Å². The van der Waals surface area contributed by atoms with Gasteiger partial charge in [0.2, 0.25) is 5.91 Å². The van der Waals surface area contributed by atoms with E-state index in [2.05, 4.69) is 5.32 Å². The zero-order valence-corrected chi connectivity index (χ0v) is 8.42. The number of nitriles is 1. The maximum absolute atomic E-state index is 11.3. The number of nitrogens with one attached hydrogen (secondary N) is 1. The first-order chi connectivity index (χ1) is 5.89. The molecule has 0 aromatic carbocycles. The van der Waals surface area contributed by atoms with Crippen LogP contribution >= 0.6 is 0 Å². The summed E-state index contributed by atoms with van der Waals surface area (Å²) in [4.78, 5) is 11.3. The highest BCUT2D eigenvalue weighted by Gasteiger charge is 2.26. The van der Waals surface area contributed by atoms with Crippen molar-refractivity contribution in [3.8, 4) is 6.07 Å². The molecule has 0 heterocycles. The minimum absolute atomic E-state index is 0.192. The second kappa shape index (κ2) is 4.83. The molecular formula is C9H17N3O. The van der Waals surface area contributed by atoms with Crippen molar-refractivity contribution in [3.63, 3.8) is 0 Å². The van der Waals surface area contributed by atoms with Gasteiger partial charge >= 0.3 is 0 Å². The molecule has 13 heavy (non-hydrogen) atoms. The molecule has 0 saturated carbocycles. The van der Waals surface area contributed by atoms with Crippen molar-refractivity contribution in [2.75, 3.05) is 6.54 Å². The van der Waals surface area contributed by atoms with Gasteiger partial charge < -0.3 is 11.1 Å². The Morgan fingerprint density at radius 3 is 2.54 bits per heavy atom. The molecule has 0 radical (unpaired) electrons. The number of carbonyl (C=O) groups excluding carboxylic acids is 1. The molecule has 1 atom stereocenters. The zero-order valence-electron chi connectivity index (χ0n) is 8.42. The predicted octanol–water partition coefficient (Wildman–Crippen LogP) is 0.390. The summed E-state index contributed by atoms with van der Waals surface area (Å²) in [6.07, 6.45) is 0.322. The van der Waals surface area contributed by atoms with Gasteiger partial charge in [-0.25, -0.2) is 0 Å². The van der Waals surface area contributed by atoms with Crippen molar-refractivity contribution in [2.45, 2.75) is 33.2 Å². The van der Waals surface area contributed by atoms with Crippen LogP contribution in [0.1, 0.15) is 27.2 Å².